The summed E-state index contributed by atoms with van der Waals surface area (Å²) in [4.78, 5) is 4.58. The molecule has 4 heterocycles. The standard InChI is InChI=1S/C21H18FN5O2/c1-13-14(3-2-9-27(13)28)17-11-23-20(26-12-24-25-21(17)26)7-4-15-16-8-10-29-19(16)6-5-18(15)22/h2-3,5-6,9,11-12H,4,7-8,10H2,1H3. The molecule has 1 aliphatic heterocycles. The zero-order valence-electron chi connectivity index (χ0n) is 15.8. The average Bonchev–Trinajstić information content (AvgIpc) is 3.39. The van der Waals surface area contributed by atoms with Crippen molar-refractivity contribution in [1.82, 2.24) is 19.6 Å². The van der Waals surface area contributed by atoms with Crippen LogP contribution in [0.2, 0.25) is 0 Å². The van der Waals surface area contributed by atoms with E-state index in [1.165, 1.54) is 12.3 Å². The zero-order chi connectivity index (χ0) is 20.0. The van der Waals surface area contributed by atoms with E-state index in [9.17, 15) is 9.60 Å². The second kappa shape index (κ2) is 6.80. The Morgan fingerprint density at radius 2 is 2.14 bits per heavy atom. The summed E-state index contributed by atoms with van der Waals surface area (Å²) >= 11 is 0. The number of hydrogen-bond donors (Lipinski definition) is 0. The fourth-order valence-corrected chi connectivity index (χ4v) is 3.92. The van der Waals surface area contributed by atoms with Gasteiger partial charge < -0.3 is 9.94 Å². The second-order valence-electron chi connectivity index (χ2n) is 7.05. The summed E-state index contributed by atoms with van der Waals surface area (Å²) in [6, 6.07) is 6.70. The minimum absolute atomic E-state index is 0.217. The third-order valence-corrected chi connectivity index (χ3v) is 5.44. The van der Waals surface area contributed by atoms with Crippen LogP contribution < -0.4 is 9.47 Å². The lowest BCUT2D eigenvalue weighted by Gasteiger charge is -2.11. The van der Waals surface area contributed by atoms with Crippen LogP contribution in [0, 0.1) is 17.9 Å². The third-order valence-electron chi connectivity index (χ3n) is 5.44. The summed E-state index contributed by atoms with van der Waals surface area (Å²) in [7, 11) is 0. The number of ether oxygens (including phenoxy) is 1. The fourth-order valence-electron chi connectivity index (χ4n) is 3.92. The van der Waals surface area contributed by atoms with Crippen molar-refractivity contribution in [2.24, 2.45) is 0 Å². The molecule has 0 fully saturated rings. The van der Waals surface area contributed by atoms with Crippen molar-refractivity contribution in [2.75, 3.05) is 6.61 Å². The van der Waals surface area contributed by atoms with E-state index in [1.54, 1.807) is 36.0 Å². The summed E-state index contributed by atoms with van der Waals surface area (Å²) in [5.74, 6) is 1.28. The predicted molar refractivity (Wildman–Crippen MR) is 103 cm³/mol. The van der Waals surface area contributed by atoms with Crippen molar-refractivity contribution in [3.63, 3.8) is 0 Å². The van der Waals surface area contributed by atoms with Gasteiger partial charge in [-0.05, 0) is 30.2 Å². The van der Waals surface area contributed by atoms with Crippen LogP contribution in [0.1, 0.15) is 22.6 Å². The average molecular weight is 391 g/mol. The van der Waals surface area contributed by atoms with Gasteiger partial charge in [0.15, 0.2) is 17.5 Å². The first-order chi connectivity index (χ1) is 14.1. The van der Waals surface area contributed by atoms with Gasteiger partial charge in [-0.3, -0.25) is 4.40 Å². The van der Waals surface area contributed by atoms with E-state index >= 15 is 0 Å². The van der Waals surface area contributed by atoms with Crippen molar-refractivity contribution in [1.29, 1.82) is 0 Å². The molecule has 0 unspecified atom stereocenters. The van der Waals surface area contributed by atoms with Gasteiger partial charge in [-0.25, -0.2) is 9.37 Å². The highest BCUT2D eigenvalue weighted by molar-refractivity contribution is 5.77. The molecule has 0 N–H and O–H groups in total. The van der Waals surface area contributed by atoms with E-state index in [4.69, 9.17) is 4.74 Å². The van der Waals surface area contributed by atoms with E-state index in [2.05, 4.69) is 15.2 Å². The Morgan fingerprint density at radius 1 is 1.24 bits per heavy atom. The first-order valence-corrected chi connectivity index (χ1v) is 9.43. The predicted octanol–water partition coefficient (Wildman–Crippen LogP) is 2.59. The number of benzene rings is 1. The van der Waals surface area contributed by atoms with Gasteiger partial charge in [-0.15, -0.1) is 10.2 Å². The highest BCUT2D eigenvalue weighted by atomic mass is 19.1. The number of halogens is 1. The Bertz CT molecular complexity index is 1240. The van der Waals surface area contributed by atoms with Crippen LogP contribution in [0.15, 0.2) is 43.0 Å². The summed E-state index contributed by atoms with van der Waals surface area (Å²) < 4.78 is 22.6. The van der Waals surface area contributed by atoms with E-state index in [0.29, 0.717) is 36.4 Å². The molecule has 0 bridgehead atoms. The summed E-state index contributed by atoms with van der Waals surface area (Å²) in [6.07, 6.45) is 6.51. The van der Waals surface area contributed by atoms with E-state index in [-0.39, 0.29) is 5.82 Å². The third kappa shape index (κ3) is 2.88. The van der Waals surface area contributed by atoms with Crippen LogP contribution in [0.3, 0.4) is 0 Å². The number of nitrogens with zero attached hydrogens (tertiary/aromatic N) is 5. The lowest BCUT2D eigenvalue weighted by molar-refractivity contribution is -0.611. The molecule has 0 amide bonds. The molecule has 0 saturated heterocycles. The Labute approximate surface area is 166 Å². The smallest absolute Gasteiger partial charge is 0.197 e. The maximum Gasteiger partial charge on any atom is 0.197 e. The molecule has 0 aliphatic carbocycles. The van der Waals surface area contributed by atoms with Crippen LogP contribution in [-0.2, 0) is 19.3 Å². The van der Waals surface area contributed by atoms with Gasteiger partial charge in [0.1, 0.15) is 23.7 Å². The number of rotatable bonds is 4. The molecular weight excluding hydrogens is 373 g/mol. The van der Waals surface area contributed by atoms with Crippen molar-refractivity contribution in [3.8, 4) is 16.9 Å². The first kappa shape index (κ1) is 17.5. The van der Waals surface area contributed by atoms with E-state index in [0.717, 1.165) is 39.4 Å². The fraction of sp³-hybridized carbons (Fsp3) is 0.238. The van der Waals surface area contributed by atoms with Gasteiger partial charge in [-0.2, -0.15) is 4.73 Å². The van der Waals surface area contributed by atoms with E-state index in [1.807, 2.05) is 6.07 Å². The van der Waals surface area contributed by atoms with Crippen LogP contribution >= 0.6 is 0 Å². The molecule has 0 radical (unpaired) electrons. The Balaban J connectivity index is 1.52. The van der Waals surface area contributed by atoms with Crippen LogP contribution in [0.4, 0.5) is 4.39 Å². The molecule has 3 aromatic heterocycles. The molecule has 5 rings (SSSR count). The van der Waals surface area contributed by atoms with Crippen molar-refractivity contribution in [2.45, 2.75) is 26.2 Å². The molecule has 0 spiro atoms. The van der Waals surface area contributed by atoms with Crippen LogP contribution in [0.5, 0.6) is 5.75 Å². The Hall–Kier alpha value is -3.55. The molecule has 1 aliphatic rings. The second-order valence-corrected chi connectivity index (χ2v) is 7.05. The summed E-state index contributed by atoms with van der Waals surface area (Å²) in [5, 5.41) is 20.2. The van der Waals surface area contributed by atoms with Crippen LogP contribution in [0.25, 0.3) is 16.8 Å². The number of fused-ring (bicyclic) bond motifs is 2. The number of aryl methyl sites for hydroxylation is 1. The maximum atomic E-state index is 14.4. The maximum absolute atomic E-state index is 14.4. The van der Waals surface area contributed by atoms with Crippen molar-refractivity contribution in [3.05, 3.63) is 76.7 Å². The summed E-state index contributed by atoms with van der Waals surface area (Å²) in [6.45, 7) is 2.34. The molecule has 1 aromatic carbocycles. The minimum atomic E-state index is -0.217. The van der Waals surface area contributed by atoms with Gasteiger partial charge in [0.2, 0.25) is 0 Å². The molecule has 29 heavy (non-hydrogen) atoms. The monoisotopic (exact) mass is 391 g/mol. The number of aromatic nitrogens is 5. The highest BCUT2D eigenvalue weighted by Gasteiger charge is 2.21. The normalized spacial score (nSPS) is 12.9. The van der Waals surface area contributed by atoms with Gasteiger partial charge >= 0.3 is 0 Å². The Morgan fingerprint density at radius 3 is 3.03 bits per heavy atom. The van der Waals surface area contributed by atoms with Crippen LogP contribution in [-0.4, -0.2) is 26.2 Å². The SMILES string of the molecule is Cc1c(-c2cnc(CCc3c(F)ccc4c3CCO4)n3cnnc23)ccc[n+]1[O-]. The Kier molecular flexibility index (Phi) is 4.12. The number of hydrogen-bond acceptors (Lipinski definition) is 5. The molecule has 0 atom stereocenters. The van der Waals surface area contributed by atoms with Gasteiger partial charge in [-0.1, -0.05) is 0 Å². The van der Waals surface area contributed by atoms with E-state index < -0.39 is 0 Å². The number of pyridine rings is 1. The molecule has 146 valence electrons. The highest BCUT2D eigenvalue weighted by Crippen LogP contribution is 2.31. The quantitative estimate of drug-likeness (QED) is 0.395. The first-order valence-electron chi connectivity index (χ1n) is 9.43. The molecule has 7 nitrogen and oxygen atoms in total. The molecule has 8 heteroatoms. The topological polar surface area (TPSA) is 79.2 Å². The van der Waals surface area contributed by atoms with Gasteiger partial charge in [0, 0.05) is 37.6 Å². The zero-order valence-corrected chi connectivity index (χ0v) is 15.8. The molecule has 0 saturated carbocycles. The molecular formula is C21H18FN5O2. The molecule has 4 aromatic rings. The van der Waals surface area contributed by atoms with Crippen molar-refractivity contribution >= 4 is 5.65 Å². The lowest BCUT2D eigenvalue weighted by atomic mass is 10.00. The largest absolute Gasteiger partial charge is 0.618 e. The lowest BCUT2D eigenvalue weighted by Crippen LogP contribution is -2.29. The summed E-state index contributed by atoms with van der Waals surface area (Å²) in [5.41, 5.74) is 4.29. The van der Waals surface area contributed by atoms with Crippen molar-refractivity contribution < 1.29 is 13.9 Å². The minimum Gasteiger partial charge on any atom is -0.618 e. The van der Waals surface area contributed by atoms with Gasteiger partial charge in [0.05, 0.1) is 17.7 Å². The van der Waals surface area contributed by atoms with Gasteiger partial charge in [0.25, 0.3) is 0 Å².